The Labute approximate surface area is 194 Å². The van der Waals surface area contributed by atoms with E-state index in [9.17, 15) is 9.59 Å². The Morgan fingerprint density at radius 3 is 2.72 bits per heavy atom. The highest BCUT2D eigenvalue weighted by atomic mass is 35.5. The van der Waals surface area contributed by atoms with Crippen molar-refractivity contribution in [3.05, 3.63) is 52.7 Å². The third-order valence-corrected chi connectivity index (χ3v) is 6.80. The summed E-state index contributed by atoms with van der Waals surface area (Å²) in [7, 11) is 0. The van der Waals surface area contributed by atoms with Gasteiger partial charge in [0.05, 0.1) is 17.1 Å². The predicted octanol–water partition coefficient (Wildman–Crippen LogP) is 5.19. The molecule has 1 fully saturated rings. The maximum Gasteiger partial charge on any atom is 0.409 e. The number of fused-ring (bicyclic) bond motifs is 2. The molecule has 1 unspecified atom stereocenters. The lowest BCUT2D eigenvalue weighted by Gasteiger charge is -2.34. The van der Waals surface area contributed by atoms with Crippen LogP contribution in [0.15, 0.2) is 30.9 Å². The molecule has 1 aliphatic carbocycles. The van der Waals surface area contributed by atoms with Crippen LogP contribution in [0, 0.1) is 0 Å². The quantitative estimate of drug-likeness (QED) is 0.582. The first-order chi connectivity index (χ1) is 15.5. The van der Waals surface area contributed by atoms with Crippen LogP contribution < -0.4 is 0 Å². The van der Waals surface area contributed by atoms with Crippen molar-refractivity contribution >= 4 is 34.5 Å². The Hall–Kier alpha value is -2.60. The number of ether oxygens (including phenoxy) is 1. The molecule has 0 radical (unpaired) electrons. The normalized spacial score (nSPS) is 18.4. The number of carbonyl (C=O) groups excluding carboxylic acids is 2. The predicted molar refractivity (Wildman–Crippen MR) is 126 cm³/mol. The smallest absolute Gasteiger partial charge is 0.409 e. The fourth-order valence-electron chi connectivity index (χ4n) is 4.64. The second-order valence-electron chi connectivity index (χ2n) is 8.53. The van der Waals surface area contributed by atoms with E-state index >= 15 is 0 Å². The van der Waals surface area contributed by atoms with E-state index in [0.717, 1.165) is 59.3 Å². The highest BCUT2D eigenvalue weighted by molar-refractivity contribution is 6.36. The number of aromatic nitrogens is 1. The number of allylic oxidation sites excluding steroid dienone is 1. The molecule has 32 heavy (non-hydrogen) atoms. The van der Waals surface area contributed by atoms with Crippen LogP contribution >= 0.6 is 11.6 Å². The molecule has 1 aromatic carbocycles. The molecule has 170 valence electrons. The number of pyridine rings is 1. The summed E-state index contributed by atoms with van der Waals surface area (Å²) in [4.78, 5) is 33.6. The maximum absolute atomic E-state index is 13.1. The molecule has 4 rings (SSSR count). The Kier molecular flexibility index (Phi) is 6.99. The van der Waals surface area contributed by atoms with E-state index in [1.807, 2.05) is 31.2 Å². The second-order valence-corrected chi connectivity index (χ2v) is 8.91. The molecule has 1 aromatic heterocycles. The number of hydrogen-bond donors (Lipinski definition) is 0. The van der Waals surface area contributed by atoms with Crippen molar-refractivity contribution in [2.45, 2.75) is 44.9 Å². The molecule has 2 aliphatic rings. The van der Waals surface area contributed by atoms with Gasteiger partial charge in [0.15, 0.2) is 0 Å². The van der Waals surface area contributed by atoms with E-state index in [0.29, 0.717) is 44.3 Å². The monoisotopic (exact) mass is 455 g/mol. The number of halogens is 1. The summed E-state index contributed by atoms with van der Waals surface area (Å²) in [6, 6.07) is 5.59. The lowest BCUT2D eigenvalue weighted by molar-refractivity contribution is 0.0560. The molecule has 1 aliphatic heterocycles. The van der Waals surface area contributed by atoms with Gasteiger partial charge in [-0.05, 0) is 49.8 Å². The third kappa shape index (κ3) is 4.46. The maximum atomic E-state index is 13.1. The molecular formula is C25H30ClN3O3. The molecule has 2 heterocycles. The van der Waals surface area contributed by atoms with Gasteiger partial charge in [0.1, 0.15) is 0 Å². The summed E-state index contributed by atoms with van der Waals surface area (Å²) in [6.45, 7) is 8.19. The SMILES string of the molecule is C=CCC1CCCc2c1nc1cc(C(=O)N3CCN(C(=O)OCCC)CC3)ccc1c2Cl. The highest BCUT2D eigenvalue weighted by Gasteiger charge is 2.27. The lowest BCUT2D eigenvalue weighted by atomic mass is 9.84. The van der Waals surface area contributed by atoms with Crippen LogP contribution in [-0.2, 0) is 11.2 Å². The topological polar surface area (TPSA) is 62.7 Å². The summed E-state index contributed by atoms with van der Waals surface area (Å²) in [5.41, 5.74) is 3.55. The zero-order valence-corrected chi connectivity index (χ0v) is 19.4. The Balaban J connectivity index is 1.53. The van der Waals surface area contributed by atoms with Crippen LogP contribution in [-0.4, -0.2) is 59.6 Å². The summed E-state index contributed by atoms with van der Waals surface area (Å²) in [6.07, 6.45) is 6.44. The van der Waals surface area contributed by atoms with E-state index < -0.39 is 0 Å². The van der Waals surface area contributed by atoms with Gasteiger partial charge in [-0.3, -0.25) is 9.78 Å². The molecule has 6 nitrogen and oxygen atoms in total. The molecule has 1 atom stereocenters. The highest BCUT2D eigenvalue weighted by Crippen LogP contribution is 2.39. The average molecular weight is 456 g/mol. The van der Waals surface area contributed by atoms with Crippen molar-refractivity contribution < 1.29 is 14.3 Å². The summed E-state index contributed by atoms with van der Waals surface area (Å²) < 4.78 is 5.20. The molecular weight excluding hydrogens is 426 g/mol. The van der Waals surface area contributed by atoms with Gasteiger partial charge >= 0.3 is 6.09 Å². The van der Waals surface area contributed by atoms with E-state index in [-0.39, 0.29) is 12.0 Å². The van der Waals surface area contributed by atoms with Gasteiger partial charge in [-0.1, -0.05) is 30.7 Å². The summed E-state index contributed by atoms with van der Waals surface area (Å²) >= 11 is 6.78. The molecule has 2 amide bonds. The average Bonchev–Trinajstić information content (AvgIpc) is 2.82. The number of carbonyl (C=O) groups is 2. The summed E-state index contributed by atoms with van der Waals surface area (Å²) in [5, 5.41) is 1.65. The van der Waals surface area contributed by atoms with Gasteiger partial charge in [-0.2, -0.15) is 0 Å². The Bertz CT molecular complexity index is 1030. The van der Waals surface area contributed by atoms with Crippen molar-refractivity contribution in [1.82, 2.24) is 14.8 Å². The van der Waals surface area contributed by atoms with E-state index in [2.05, 4.69) is 6.58 Å². The van der Waals surface area contributed by atoms with Crippen molar-refractivity contribution in [2.24, 2.45) is 0 Å². The van der Waals surface area contributed by atoms with Crippen molar-refractivity contribution in [3.8, 4) is 0 Å². The molecule has 0 saturated carbocycles. The minimum absolute atomic E-state index is 0.0493. The van der Waals surface area contributed by atoms with Gasteiger partial charge in [0.25, 0.3) is 5.91 Å². The van der Waals surface area contributed by atoms with Gasteiger partial charge in [-0.15, -0.1) is 6.58 Å². The zero-order chi connectivity index (χ0) is 22.7. The van der Waals surface area contributed by atoms with Gasteiger partial charge in [0.2, 0.25) is 0 Å². The van der Waals surface area contributed by atoms with Gasteiger partial charge in [0, 0.05) is 48.7 Å². The molecule has 7 heteroatoms. The first-order valence-electron chi connectivity index (χ1n) is 11.5. The Morgan fingerprint density at radius 2 is 2.00 bits per heavy atom. The van der Waals surface area contributed by atoms with Crippen LogP contribution in [0.25, 0.3) is 10.9 Å². The minimum atomic E-state index is -0.303. The fourth-order valence-corrected chi connectivity index (χ4v) is 4.99. The molecule has 0 spiro atoms. The van der Waals surface area contributed by atoms with E-state index in [1.54, 1.807) is 9.80 Å². The standard InChI is InChI=1S/C25H30ClN3O3/c1-3-6-17-7-5-8-20-22(26)19-10-9-18(16-21(19)27-23(17)20)24(30)28-11-13-29(14-12-28)25(31)32-15-4-2/h3,9-10,16-17H,1,4-8,11-15H2,2H3. The van der Waals surface area contributed by atoms with E-state index in [4.69, 9.17) is 21.3 Å². The van der Waals surface area contributed by atoms with Crippen LogP contribution in [0.4, 0.5) is 4.79 Å². The van der Waals surface area contributed by atoms with Gasteiger partial charge in [-0.25, -0.2) is 4.79 Å². The molecule has 1 saturated heterocycles. The number of benzene rings is 1. The third-order valence-electron chi connectivity index (χ3n) is 6.37. The zero-order valence-electron chi connectivity index (χ0n) is 18.6. The molecule has 2 aromatic rings. The van der Waals surface area contributed by atoms with Crippen LogP contribution in [0.5, 0.6) is 0 Å². The first kappa shape index (κ1) is 22.6. The lowest BCUT2D eigenvalue weighted by Crippen LogP contribution is -2.50. The Morgan fingerprint density at radius 1 is 1.25 bits per heavy atom. The van der Waals surface area contributed by atoms with E-state index in [1.165, 1.54) is 0 Å². The van der Waals surface area contributed by atoms with Crippen molar-refractivity contribution in [1.29, 1.82) is 0 Å². The molecule has 0 N–H and O–H groups in total. The van der Waals surface area contributed by atoms with Gasteiger partial charge < -0.3 is 14.5 Å². The number of hydrogen-bond acceptors (Lipinski definition) is 4. The van der Waals surface area contributed by atoms with Crippen LogP contribution in [0.2, 0.25) is 5.02 Å². The fraction of sp³-hybridized carbons (Fsp3) is 0.480. The number of nitrogens with zero attached hydrogens (tertiary/aromatic N) is 3. The second kappa shape index (κ2) is 9.90. The summed E-state index contributed by atoms with van der Waals surface area (Å²) in [5.74, 6) is 0.282. The van der Waals surface area contributed by atoms with Crippen molar-refractivity contribution in [2.75, 3.05) is 32.8 Å². The number of amides is 2. The minimum Gasteiger partial charge on any atom is -0.449 e. The number of rotatable bonds is 5. The van der Waals surface area contributed by atoms with Crippen molar-refractivity contribution in [3.63, 3.8) is 0 Å². The van der Waals surface area contributed by atoms with Crippen LogP contribution in [0.3, 0.4) is 0 Å². The first-order valence-corrected chi connectivity index (χ1v) is 11.8. The van der Waals surface area contributed by atoms with Crippen LogP contribution in [0.1, 0.15) is 60.1 Å². The largest absolute Gasteiger partial charge is 0.449 e. The molecule has 0 bridgehead atoms. The number of piperazine rings is 1.